The first-order valence-corrected chi connectivity index (χ1v) is 7.08. The van der Waals surface area contributed by atoms with Crippen LogP contribution in [0.1, 0.15) is 18.7 Å². The molecule has 0 spiro atoms. The minimum atomic E-state index is 0.127. The van der Waals surface area contributed by atoms with Gasteiger partial charge in [0.2, 0.25) is 5.91 Å². The van der Waals surface area contributed by atoms with Gasteiger partial charge in [0.15, 0.2) is 0 Å². The van der Waals surface area contributed by atoms with Crippen molar-refractivity contribution in [3.63, 3.8) is 0 Å². The maximum absolute atomic E-state index is 12.0. The van der Waals surface area contributed by atoms with Crippen molar-refractivity contribution in [1.82, 2.24) is 10.6 Å². The Kier molecular flexibility index (Phi) is 4.18. The number of carbonyl (C=O) groups excluding carboxylic acids is 1. The van der Waals surface area contributed by atoms with Crippen LogP contribution in [0, 0.1) is 11.8 Å². The minimum Gasteiger partial charge on any atom is -0.353 e. The van der Waals surface area contributed by atoms with Gasteiger partial charge in [0.1, 0.15) is 0 Å². The Balaban J connectivity index is 1.77. The van der Waals surface area contributed by atoms with Crippen molar-refractivity contribution in [2.75, 3.05) is 13.1 Å². The molecule has 1 aliphatic heterocycles. The van der Waals surface area contributed by atoms with E-state index in [0.717, 1.165) is 19.5 Å². The summed E-state index contributed by atoms with van der Waals surface area (Å²) in [6.07, 6.45) is 0.930. The molecule has 2 N–H and O–H groups in total. The molecule has 2 rings (SSSR count). The SMILES string of the molecule is CC(Cc1cccs1)NC(=O)C(C)C1CNC1. The van der Waals surface area contributed by atoms with Crippen LogP contribution in [0.2, 0.25) is 0 Å². The second-order valence-corrected chi connectivity index (χ2v) is 5.93. The fraction of sp³-hybridized carbons (Fsp3) is 0.615. The second kappa shape index (κ2) is 5.65. The van der Waals surface area contributed by atoms with E-state index in [0.29, 0.717) is 5.92 Å². The van der Waals surface area contributed by atoms with Crippen LogP contribution < -0.4 is 10.6 Å². The molecule has 1 amide bonds. The van der Waals surface area contributed by atoms with Crippen molar-refractivity contribution in [3.8, 4) is 0 Å². The molecule has 0 radical (unpaired) electrons. The summed E-state index contributed by atoms with van der Waals surface area (Å²) in [6.45, 7) is 6.06. The van der Waals surface area contributed by atoms with E-state index < -0.39 is 0 Å². The Morgan fingerprint density at radius 1 is 1.59 bits per heavy atom. The van der Waals surface area contributed by atoms with Gasteiger partial charge in [0.05, 0.1) is 0 Å². The first-order valence-electron chi connectivity index (χ1n) is 6.20. The Labute approximate surface area is 107 Å². The van der Waals surface area contributed by atoms with E-state index >= 15 is 0 Å². The molecule has 1 fully saturated rings. The number of hydrogen-bond donors (Lipinski definition) is 2. The van der Waals surface area contributed by atoms with Gasteiger partial charge in [-0.1, -0.05) is 13.0 Å². The summed E-state index contributed by atoms with van der Waals surface area (Å²) in [5.74, 6) is 0.839. The number of carbonyl (C=O) groups is 1. The fourth-order valence-electron chi connectivity index (χ4n) is 2.03. The Morgan fingerprint density at radius 2 is 2.35 bits per heavy atom. The van der Waals surface area contributed by atoms with Crippen LogP contribution >= 0.6 is 11.3 Å². The quantitative estimate of drug-likeness (QED) is 0.836. The van der Waals surface area contributed by atoms with Crippen LogP contribution in [0.15, 0.2) is 17.5 Å². The van der Waals surface area contributed by atoms with Gasteiger partial charge >= 0.3 is 0 Å². The van der Waals surface area contributed by atoms with Crippen LogP contribution in [0.4, 0.5) is 0 Å². The zero-order valence-corrected chi connectivity index (χ0v) is 11.2. The van der Waals surface area contributed by atoms with Gasteiger partial charge in [0, 0.05) is 23.3 Å². The van der Waals surface area contributed by atoms with Gasteiger partial charge in [0.25, 0.3) is 0 Å². The minimum absolute atomic E-state index is 0.127. The topological polar surface area (TPSA) is 41.1 Å². The normalized spacial score (nSPS) is 19.4. The molecule has 2 heterocycles. The number of rotatable bonds is 5. The van der Waals surface area contributed by atoms with Crippen molar-refractivity contribution in [3.05, 3.63) is 22.4 Å². The van der Waals surface area contributed by atoms with E-state index in [1.807, 2.05) is 6.92 Å². The lowest BCUT2D eigenvalue weighted by Crippen LogP contribution is -2.50. The van der Waals surface area contributed by atoms with Crippen molar-refractivity contribution in [2.24, 2.45) is 11.8 Å². The number of thiophene rings is 1. The molecule has 3 nitrogen and oxygen atoms in total. The van der Waals surface area contributed by atoms with E-state index in [-0.39, 0.29) is 17.9 Å². The highest BCUT2D eigenvalue weighted by Gasteiger charge is 2.29. The monoisotopic (exact) mass is 252 g/mol. The van der Waals surface area contributed by atoms with Crippen molar-refractivity contribution < 1.29 is 4.79 Å². The molecular weight excluding hydrogens is 232 g/mol. The fourth-order valence-corrected chi connectivity index (χ4v) is 2.87. The van der Waals surface area contributed by atoms with Gasteiger partial charge in [-0.25, -0.2) is 0 Å². The number of nitrogens with one attached hydrogen (secondary N) is 2. The molecule has 2 atom stereocenters. The van der Waals surface area contributed by atoms with E-state index in [9.17, 15) is 4.79 Å². The molecule has 17 heavy (non-hydrogen) atoms. The van der Waals surface area contributed by atoms with E-state index in [1.54, 1.807) is 11.3 Å². The van der Waals surface area contributed by atoms with Gasteiger partial charge in [-0.05, 0) is 37.4 Å². The van der Waals surface area contributed by atoms with Gasteiger partial charge in [-0.2, -0.15) is 0 Å². The van der Waals surface area contributed by atoms with Crippen LogP contribution in [0.25, 0.3) is 0 Å². The molecule has 1 aliphatic rings. The third-order valence-corrected chi connectivity index (χ3v) is 4.31. The Bertz CT molecular complexity index is 360. The highest BCUT2D eigenvalue weighted by molar-refractivity contribution is 7.09. The molecule has 4 heteroatoms. The average molecular weight is 252 g/mol. The average Bonchev–Trinajstić information content (AvgIpc) is 2.67. The molecular formula is C13H20N2OS. The zero-order chi connectivity index (χ0) is 12.3. The lowest BCUT2D eigenvalue weighted by atomic mass is 9.88. The van der Waals surface area contributed by atoms with E-state index in [1.165, 1.54) is 4.88 Å². The Hall–Kier alpha value is -0.870. The largest absolute Gasteiger partial charge is 0.353 e. The van der Waals surface area contributed by atoms with Gasteiger partial charge in [-0.3, -0.25) is 4.79 Å². The second-order valence-electron chi connectivity index (χ2n) is 4.90. The van der Waals surface area contributed by atoms with Crippen LogP contribution in [0.3, 0.4) is 0 Å². The summed E-state index contributed by atoms with van der Waals surface area (Å²) in [4.78, 5) is 13.3. The highest BCUT2D eigenvalue weighted by Crippen LogP contribution is 2.16. The molecule has 94 valence electrons. The van der Waals surface area contributed by atoms with Crippen LogP contribution in [-0.4, -0.2) is 25.0 Å². The summed E-state index contributed by atoms with van der Waals surface area (Å²) in [5.41, 5.74) is 0. The van der Waals surface area contributed by atoms with Gasteiger partial charge < -0.3 is 10.6 Å². The first-order chi connectivity index (χ1) is 8.16. The molecule has 0 saturated carbocycles. The molecule has 0 bridgehead atoms. The summed E-state index contributed by atoms with van der Waals surface area (Å²) in [6, 6.07) is 4.39. The van der Waals surface area contributed by atoms with Gasteiger partial charge in [-0.15, -0.1) is 11.3 Å². The molecule has 0 aromatic carbocycles. The predicted molar refractivity (Wildman–Crippen MR) is 71.2 cm³/mol. The maximum Gasteiger partial charge on any atom is 0.223 e. The maximum atomic E-state index is 12.0. The third-order valence-electron chi connectivity index (χ3n) is 3.41. The van der Waals surface area contributed by atoms with Crippen molar-refractivity contribution >= 4 is 17.2 Å². The molecule has 1 saturated heterocycles. The summed E-state index contributed by atoms with van der Waals surface area (Å²) in [7, 11) is 0. The lowest BCUT2D eigenvalue weighted by Gasteiger charge is -2.32. The first kappa shape index (κ1) is 12.6. The smallest absolute Gasteiger partial charge is 0.223 e. The summed E-state index contributed by atoms with van der Waals surface area (Å²) in [5, 5.41) is 8.39. The highest BCUT2D eigenvalue weighted by atomic mass is 32.1. The summed E-state index contributed by atoms with van der Waals surface area (Å²) >= 11 is 1.75. The predicted octanol–water partition coefficient (Wildman–Crippen LogP) is 1.65. The third kappa shape index (κ3) is 3.30. The van der Waals surface area contributed by atoms with Crippen molar-refractivity contribution in [2.45, 2.75) is 26.3 Å². The molecule has 1 aromatic rings. The Morgan fingerprint density at radius 3 is 2.88 bits per heavy atom. The standard InChI is InChI=1S/C13H20N2OS/c1-9(6-12-4-3-5-17-12)15-13(16)10(2)11-7-14-8-11/h3-5,9-11,14H,6-8H2,1-2H3,(H,15,16). The summed E-state index contributed by atoms with van der Waals surface area (Å²) < 4.78 is 0. The van der Waals surface area contributed by atoms with Crippen LogP contribution in [-0.2, 0) is 11.2 Å². The van der Waals surface area contributed by atoms with E-state index in [4.69, 9.17) is 0 Å². The van der Waals surface area contributed by atoms with Crippen LogP contribution in [0.5, 0.6) is 0 Å². The van der Waals surface area contributed by atoms with E-state index in [2.05, 4.69) is 35.1 Å². The molecule has 1 aromatic heterocycles. The molecule has 2 unspecified atom stereocenters. The van der Waals surface area contributed by atoms with Crippen molar-refractivity contribution in [1.29, 1.82) is 0 Å². The number of hydrogen-bond acceptors (Lipinski definition) is 3. The zero-order valence-electron chi connectivity index (χ0n) is 10.4. The molecule has 0 aliphatic carbocycles. The number of amides is 1. The lowest BCUT2D eigenvalue weighted by molar-refractivity contribution is -0.127.